The van der Waals surface area contributed by atoms with Gasteiger partial charge in [0.05, 0.1) is 31.3 Å². The number of nitrogens with zero attached hydrogens (tertiary/aromatic N) is 3. The van der Waals surface area contributed by atoms with Gasteiger partial charge in [0, 0.05) is 6.42 Å². The molecule has 0 saturated carbocycles. The Morgan fingerprint density at radius 1 is 1.10 bits per heavy atom. The second kappa shape index (κ2) is 14.2. The van der Waals surface area contributed by atoms with Crippen LogP contribution in [0.5, 0.6) is 0 Å². The SMILES string of the molecule is Cc1ccc(C)c(Cc2nc(COC(=O)COCCOCCON[O-])nn2-c2ccc(S(N)(=O)=O)cc2F)c1. The van der Waals surface area contributed by atoms with E-state index in [0.717, 1.165) is 22.8 Å². The normalized spacial score (nSPS) is 11.6. The lowest BCUT2D eigenvalue weighted by Gasteiger charge is -2.10. The van der Waals surface area contributed by atoms with Crippen molar-refractivity contribution in [2.24, 2.45) is 5.14 Å². The third-order valence-corrected chi connectivity index (χ3v) is 6.30. The second-order valence-electron chi connectivity index (χ2n) is 8.38. The Bertz CT molecular complexity index is 1380. The van der Waals surface area contributed by atoms with Crippen molar-refractivity contribution in [1.29, 1.82) is 0 Å². The van der Waals surface area contributed by atoms with Gasteiger partial charge in [-0.3, -0.25) is 5.64 Å². The van der Waals surface area contributed by atoms with Crippen LogP contribution in [0.1, 0.15) is 28.3 Å². The third-order valence-electron chi connectivity index (χ3n) is 5.39. The number of carbonyl (C=O) groups excluding carboxylic acids is 1. The standard InChI is InChI=1S/C24H29FN5O8S/c1-16-3-4-17(2)18(11-16)12-23-27-22(14-37-24(31)15-36-8-7-35-9-10-38-29-32)28-30(23)21-6-5-19(13-20(21)25)39(26,33)34/h3-6,11,13,29H,7-10,12,14-15H2,1-2H3,(H2,26,33,34)/q-1. The molecule has 0 radical (unpaired) electrons. The van der Waals surface area contributed by atoms with E-state index in [1.165, 1.54) is 22.5 Å². The van der Waals surface area contributed by atoms with E-state index in [-0.39, 0.29) is 62.5 Å². The van der Waals surface area contributed by atoms with Crippen molar-refractivity contribution in [3.05, 3.63) is 75.8 Å². The zero-order valence-electron chi connectivity index (χ0n) is 21.4. The first-order valence-electron chi connectivity index (χ1n) is 11.7. The lowest BCUT2D eigenvalue weighted by Crippen LogP contribution is -2.17. The van der Waals surface area contributed by atoms with Crippen molar-refractivity contribution in [2.75, 3.05) is 33.0 Å². The van der Waals surface area contributed by atoms with E-state index in [0.29, 0.717) is 5.82 Å². The summed E-state index contributed by atoms with van der Waals surface area (Å²) in [6.45, 7) is 3.76. The molecule has 13 nitrogen and oxygen atoms in total. The average Bonchev–Trinajstić information content (AvgIpc) is 3.28. The molecule has 0 fully saturated rings. The Morgan fingerprint density at radius 2 is 1.85 bits per heavy atom. The minimum atomic E-state index is -4.11. The van der Waals surface area contributed by atoms with Crippen LogP contribution in [0.25, 0.3) is 5.69 Å². The van der Waals surface area contributed by atoms with Gasteiger partial charge in [-0.05, 0) is 43.2 Å². The minimum Gasteiger partial charge on any atom is -0.765 e. The average molecular weight is 567 g/mol. The molecule has 1 aromatic heterocycles. The van der Waals surface area contributed by atoms with Gasteiger partial charge in [0.15, 0.2) is 12.4 Å². The highest BCUT2D eigenvalue weighted by molar-refractivity contribution is 7.89. The van der Waals surface area contributed by atoms with Crippen LogP contribution in [0.3, 0.4) is 0 Å². The van der Waals surface area contributed by atoms with Crippen LogP contribution in [0.15, 0.2) is 41.3 Å². The lowest BCUT2D eigenvalue weighted by molar-refractivity contribution is -0.151. The van der Waals surface area contributed by atoms with E-state index in [1.807, 2.05) is 32.0 Å². The van der Waals surface area contributed by atoms with Gasteiger partial charge < -0.3 is 24.3 Å². The number of hydrogen-bond donors (Lipinski definition) is 2. The van der Waals surface area contributed by atoms with Gasteiger partial charge in [0.1, 0.15) is 23.9 Å². The largest absolute Gasteiger partial charge is 0.765 e. The highest BCUT2D eigenvalue weighted by Crippen LogP contribution is 2.22. The van der Waals surface area contributed by atoms with Crippen LogP contribution >= 0.6 is 0 Å². The van der Waals surface area contributed by atoms with Crippen LogP contribution in [0.4, 0.5) is 4.39 Å². The van der Waals surface area contributed by atoms with E-state index in [9.17, 15) is 22.8 Å². The predicted octanol–water partition coefficient (Wildman–Crippen LogP) is 1.36. The predicted molar refractivity (Wildman–Crippen MR) is 135 cm³/mol. The van der Waals surface area contributed by atoms with Gasteiger partial charge in [-0.1, -0.05) is 23.8 Å². The molecule has 0 bridgehead atoms. The van der Waals surface area contributed by atoms with Crippen LogP contribution in [0.2, 0.25) is 0 Å². The maximum Gasteiger partial charge on any atom is 0.332 e. The summed E-state index contributed by atoms with van der Waals surface area (Å²) in [7, 11) is -4.11. The summed E-state index contributed by atoms with van der Waals surface area (Å²) in [4.78, 5) is 20.5. The first-order valence-corrected chi connectivity index (χ1v) is 13.3. The Morgan fingerprint density at radius 3 is 2.56 bits per heavy atom. The highest BCUT2D eigenvalue weighted by Gasteiger charge is 2.19. The highest BCUT2D eigenvalue weighted by atomic mass is 32.2. The van der Waals surface area contributed by atoms with Crippen LogP contribution < -0.4 is 10.8 Å². The quantitative estimate of drug-likeness (QED) is 0.154. The molecule has 3 rings (SSSR count). The summed E-state index contributed by atoms with van der Waals surface area (Å²) in [6, 6.07) is 9.12. The van der Waals surface area contributed by atoms with Crippen molar-refractivity contribution >= 4 is 16.0 Å². The molecule has 2 aromatic carbocycles. The Labute approximate surface area is 224 Å². The molecule has 0 atom stereocenters. The number of sulfonamides is 1. The smallest absolute Gasteiger partial charge is 0.332 e. The molecule has 0 aliphatic rings. The number of rotatable bonds is 15. The van der Waals surface area contributed by atoms with Crippen LogP contribution in [-0.2, 0) is 46.9 Å². The first kappa shape index (κ1) is 30.2. The molecular formula is C24H29FN5O8S-. The number of benzene rings is 2. The molecule has 3 N–H and O–H groups in total. The topological polar surface area (TPSA) is 180 Å². The molecule has 0 unspecified atom stereocenters. The molecule has 0 aliphatic carbocycles. The fraction of sp³-hybridized carbons (Fsp3) is 0.375. The van der Waals surface area contributed by atoms with Crippen molar-refractivity contribution in [2.45, 2.75) is 31.8 Å². The van der Waals surface area contributed by atoms with Crippen molar-refractivity contribution in [3.63, 3.8) is 0 Å². The second-order valence-corrected chi connectivity index (χ2v) is 9.94. The number of aromatic nitrogens is 3. The third kappa shape index (κ3) is 9.14. The first-order chi connectivity index (χ1) is 18.6. The number of nitrogens with two attached hydrogens (primary N) is 1. The summed E-state index contributed by atoms with van der Waals surface area (Å²) < 4.78 is 55.0. The van der Waals surface area contributed by atoms with Crippen molar-refractivity contribution in [3.8, 4) is 5.69 Å². The molecular weight excluding hydrogens is 537 g/mol. The van der Waals surface area contributed by atoms with E-state index in [4.69, 9.17) is 19.3 Å². The van der Waals surface area contributed by atoms with Crippen LogP contribution in [0, 0.1) is 24.9 Å². The molecule has 1 heterocycles. The molecule has 0 aliphatic heterocycles. The Kier molecular flexibility index (Phi) is 11.0. The van der Waals surface area contributed by atoms with E-state index in [1.54, 1.807) is 0 Å². The summed E-state index contributed by atoms with van der Waals surface area (Å²) in [5, 5.41) is 19.3. The number of carbonyl (C=O) groups is 1. The van der Waals surface area contributed by atoms with E-state index in [2.05, 4.69) is 14.9 Å². The maximum atomic E-state index is 15.0. The van der Waals surface area contributed by atoms with Gasteiger partial charge in [-0.15, -0.1) is 5.10 Å². The summed E-state index contributed by atoms with van der Waals surface area (Å²) in [6.07, 6.45) is 0.282. The summed E-state index contributed by atoms with van der Waals surface area (Å²) in [5.74, 6) is -1.09. The summed E-state index contributed by atoms with van der Waals surface area (Å²) >= 11 is 0. The molecule has 15 heteroatoms. The molecule has 212 valence electrons. The zero-order chi connectivity index (χ0) is 28.4. The number of hydrogen-bond acceptors (Lipinski definition) is 11. The summed E-state index contributed by atoms with van der Waals surface area (Å²) in [5.41, 5.74) is 4.17. The van der Waals surface area contributed by atoms with Crippen LogP contribution in [-0.4, -0.2) is 62.2 Å². The van der Waals surface area contributed by atoms with E-state index >= 15 is 0 Å². The van der Waals surface area contributed by atoms with Gasteiger partial charge >= 0.3 is 5.97 Å². The fourth-order valence-corrected chi connectivity index (χ4v) is 3.99. The lowest BCUT2D eigenvalue weighted by atomic mass is 10.0. The van der Waals surface area contributed by atoms with E-state index < -0.39 is 21.8 Å². The number of halogens is 1. The number of esters is 1. The monoisotopic (exact) mass is 566 g/mol. The van der Waals surface area contributed by atoms with Gasteiger partial charge in [-0.25, -0.2) is 32.4 Å². The minimum absolute atomic E-state index is 0.0486. The number of ether oxygens (including phenoxy) is 3. The van der Waals surface area contributed by atoms with Gasteiger partial charge in [0.25, 0.3) is 0 Å². The van der Waals surface area contributed by atoms with Gasteiger partial charge in [0.2, 0.25) is 10.0 Å². The molecule has 0 amide bonds. The van der Waals surface area contributed by atoms with Crippen molar-refractivity contribution < 1.29 is 36.7 Å². The Balaban J connectivity index is 1.71. The molecule has 39 heavy (non-hydrogen) atoms. The zero-order valence-corrected chi connectivity index (χ0v) is 22.2. The maximum absolute atomic E-state index is 15.0. The molecule has 3 aromatic rings. The number of primary sulfonamides is 1. The molecule has 0 spiro atoms. The van der Waals surface area contributed by atoms with Gasteiger partial charge in [-0.2, -0.15) is 0 Å². The number of aryl methyl sites for hydroxylation is 2. The fourth-order valence-electron chi connectivity index (χ4n) is 3.46. The van der Waals surface area contributed by atoms with Crippen molar-refractivity contribution in [1.82, 2.24) is 20.4 Å². The molecule has 0 saturated heterocycles. The Hall–Kier alpha value is -3.31. The number of nitrogens with one attached hydrogen (secondary N) is 1.